The van der Waals surface area contributed by atoms with E-state index in [1.54, 1.807) is 19.0 Å². The fourth-order valence-corrected chi connectivity index (χ4v) is 0.914. The molecule has 4 nitrogen and oxygen atoms in total. The van der Waals surface area contributed by atoms with Crippen LogP contribution in [0.5, 0.6) is 0 Å². The number of carboxylic acids is 1. The molecular weight excluding hydrogens is 168 g/mol. The first-order valence-electron chi connectivity index (χ1n) is 4.69. The van der Waals surface area contributed by atoms with E-state index in [1.165, 1.54) is 0 Å². The highest BCUT2D eigenvalue weighted by atomic mass is 16.4. The van der Waals surface area contributed by atoms with Gasteiger partial charge in [0.25, 0.3) is 0 Å². The second kappa shape index (κ2) is 9.48. The lowest BCUT2D eigenvalue weighted by Crippen LogP contribution is -2.35. The Balaban J connectivity index is 0. The van der Waals surface area contributed by atoms with Crippen LogP contribution in [0.4, 0.5) is 0 Å². The van der Waals surface area contributed by atoms with Crippen LogP contribution in [0, 0.1) is 0 Å². The van der Waals surface area contributed by atoms with Crippen LogP contribution in [0.2, 0.25) is 0 Å². The molecule has 0 aliphatic carbocycles. The lowest BCUT2D eigenvalue weighted by atomic mass is 10.1. The van der Waals surface area contributed by atoms with Crippen LogP contribution in [0.25, 0.3) is 0 Å². The molecule has 0 aliphatic heterocycles. The molecule has 0 radical (unpaired) electrons. The van der Waals surface area contributed by atoms with Crippen LogP contribution in [0.15, 0.2) is 0 Å². The van der Waals surface area contributed by atoms with E-state index in [1.807, 2.05) is 13.8 Å². The molecule has 0 fully saturated rings. The first-order valence-corrected chi connectivity index (χ1v) is 4.69. The van der Waals surface area contributed by atoms with E-state index >= 15 is 0 Å². The van der Waals surface area contributed by atoms with E-state index in [0.717, 1.165) is 6.42 Å². The van der Waals surface area contributed by atoms with Crippen LogP contribution in [-0.2, 0) is 4.79 Å². The van der Waals surface area contributed by atoms with Gasteiger partial charge in [-0.25, -0.2) is 0 Å². The van der Waals surface area contributed by atoms with Gasteiger partial charge in [0.15, 0.2) is 0 Å². The maximum atomic E-state index is 10.6. The van der Waals surface area contributed by atoms with Crippen molar-refractivity contribution in [1.82, 2.24) is 4.90 Å². The van der Waals surface area contributed by atoms with Crippen LogP contribution in [0.3, 0.4) is 0 Å². The first kappa shape index (κ1) is 14.9. The Morgan fingerprint density at radius 3 is 2.15 bits per heavy atom. The minimum atomic E-state index is -0.775. The Labute approximate surface area is 80.7 Å². The molecular formula is C9H22N2O2. The highest BCUT2D eigenvalue weighted by molar-refractivity contribution is 5.73. The summed E-state index contributed by atoms with van der Waals surface area (Å²) in [6, 6.07) is -0.390. The summed E-state index contributed by atoms with van der Waals surface area (Å²) in [6.45, 7) is 4.55. The van der Waals surface area contributed by atoms with Gasteiger partial charge in [-0.05, 0) is 33.5 Å². The van der Waals surface area contributed by atoms with Crippen LogP contribution in [-0.4, -0.2) is 42.7 Å². The lowest BCUT2D eigenvalue weighted by molar-refractivity contribution is -0.142. The van der Waals surface area contributed by atoms with Crippen molar-refractivity contribution in [2.75, 3.05) is 20.6 Å². The fourth-order valence-electron chi connectivity index (χ4n) is 0.914. The summed E-state index contributed by atoms with van der Waals surface area (Å²) in [7, 11) is 3.52. The molecule has 0 amide bonds. The predicted octanol–water partition coefficient (Wildman–Crippen LogP) is 0.766. The van der Waals surface area contributed by atoms with Gasteiger partial charge < -0.3 is 10.8 Å². The zero-order valence-corrected chi connectivity index (χ0v) is 9.08. The van der Waals surface area contributed by atoms with Crippen molar-refractivity contribution in [1.29, 1.82) is 0 Å². The van der Waals surface area contributed by atoms with E-state index < -0.39 is 12.0 Å². The van der Waals surface area contributed by atoms with E-state index in [4.69, 9.17) is 10.8 Å². The molecule has 0 aromatic heterocycles. The third kappa shape index (κ3) is 7.74. The lowest BCUT2D eigenvalue weighted by Gasteiger charge is -2.19. The average Bonchev–Trinajstić information content (AvgIpc) is 2.07. The summed E-state index contributed by atoms with van der Waals surface area (Å²) in [4.78, 5) is 12.3. The third-order valence-corrected chi connectivity index (χ3v) is 1.59. The van der Waals surface area contributed by atoms with E-state index in [9.17, 15) is 4.79 Å². The van der Waals surface area contributed by atoms with Gasteiger partial charge in [0.05, 0.1) is 0 Å². The molecule has 0 spiro atoms. The second-order valence-corrected chi connectivity index (χ2v) is 2.75. The van der Waals surface area contributed by atoms with Crippen molar-refractivity contribution < 1.29 is 9.90 Å². The zero-order valence-electron chi connectivity index (χ0n) is 9.08. The number of carbonyl (C=O) groups is 1. The average molecular weight is 190 g/mol. The minimum Gasteiger partial charge on any atom is -0.480 e. The second-order valence-electron chi connectivity index (χ2n) is 2.75. The monoisotopic (exact) mass is 190 g/mol. The fraction of sp³-hybridized carbons (Fsp3) is 0.889. The number of nitrogens with two attached hydrogens (primary N) is 1. The van der Waals surface area contributed by atoms with Crippen LogP contribution in [0.1, 0.15) is 26.7 Å². The van der Waals surface area contributed by atoms with E-state index in [2.05, 4.69) is 0 Å². The van der Waals surface area contributed by atoms with Gasteiger partial charge in [0, 0.05) is 0 Å². The predicted molar refractivity (Wildman–Crippen MR) is 54.7 cm³/mol. The maximum Gasteiger partial charge on any atom is 0.320 e. The van der Waals surface area contributed by atoms with Gasteiger partial charge in [0.2, 0.25) is 0 Å². The van der Waals surface area contributed by atoms with Crippen molar-refractivity contribution in [3.05, 3.63) is 0 Å². The van der Waals surface area contributed by atoms with Crippen LogP contribution >= 0.6 is 0 Å². The zero-order chi connectivity index (χ0) is 10.9. The van der Waals surface area contributed by atoms with E-state index in [-0.39, 0.29) is 0 Å². The summed E-state index contributed by atoms with van der Waals surface area (Å²) in [5, 5.41) is 8.69. The summed E-state index contributed by atoms with van der Waals surface area (Å²) in [5.41, 5.74) is 5.27. The highest BCUT2D eigenvalue weighted by Gasteiger charge is 2.18. The molecule has 1 unspecified atom stereocenters. The smallest absolute Gasteiger partial charge is 0.320 e. The Kier molecular flexibility index (Phi) is 10.9. The van der Waals surface area contributed by atoms with Crippen molar-refractivity contribution in [2.45, 2.75) is 32.7 Å². The molecule has 80 valence electrons. The van der Waals surface area contributed by atoms with Crippen molar-refractivity contribution in [2.24, 2.45) is 5.73 Å². The molecule has 4 heteroatoms. The molecule has 0 bridgehead atoms. The topological polar surface area (TPSA) is 66.6 Å². The Morgan fingerprint density at radius 2 is 1.92 bits per heavy atom. The number of hydrogen-bond donors (Lipinski definition) is 2. The maximum absolute atomic E-state index is 10.6. The minimum absolute atomic E-state index is 0.390. The van der Waals surface area contributed by atoms with Crippen molar-refractivity contribution >= 4 is 5.97 Å². The molecule has 0 saturated heterocycles. The molecule has 0 heterocycles. The van der Waals surface area contributed by atoms with Gasteiger partial charge in [-0.15, -0.1) is 0 Å². The standard InChI is InChI=1S/C7H16N2O2.C2H6/c1-9(2)6(7(10)11)4-3-5-8;1-2/h6H,3-5,8H2,1-2H3,(H,10,11);1-2H3. The SMILES string of the molecule is CC.CN(C)C(CCCN)C(=O)O. The Bertz CT molecular complexity index is 127. The van der Waals surface area contributed by atoms with Crippen molar-refractivity contribution in [3.63, 3.8) is 0 Å². The van der Waals surface area contributed by atoms with E-state index in [0.29, 0.717) is 13.0 Å². The summed E-state index contributed by atoms with van der Waals surface area (Å²) >= 11 is 0. The first-order chi connectivity index (χ1) is 6.09. The molecule has 0 saturated carbocycles. The quantitative estimate of drug-likeness (QED) is 0.672. The highest BCUT2D eigenvalue weighted by Crippen LogP contribution is 2.01. The molecule has 13 heavy (non-hydrogen) atoms. The molecule has 0 rings (SSSR count). The van der Waals surface area contributed by atoms with Crippen LogP contribution < -0.4 is 5.73 Å². The van der Waals surface area contributed by atoms with Crippen molar-refractivity contribution in [3.8, 4) is 0 Å². The van der Waals surface area contributed by atoms with Gasteiger partial charge in [0.1, 0.15) is 6.04 Å². The molecule has 0 aliphatic rings. The summed E-state index contributed by atoms with van der Waals surface area (Å²) < 4.78 is 0. The Hall–Kier alpha value is -0.610. The Morgan fingerprint density at radius 1 is 1.46 bits per heavy atom. The molecule has 3 N–H and O–H groups in total. The van der Waals surface area contributed by atoms with Gasteiger partial charge in [-0.3, -0.25) is 9.69 Å². The van der Waals surface area contributed by atoms with Gasteiger partial charge in [-0.2, -0.15) is 0 Å². The number of likely N-dealkylation sites (N-methyl/N-ethyl adjacent to an activating group) is 1. The third-order valence-electron chi connectivity index (χ3n) is 1.59. The number of aliphatic carboxylic acids is 1. The van der Waals surface area contributed by atoms with Gasteiger partial charge in [-0.1, -0.05) is 13.8 Å². The summed E-state index contributed by atoms with van der Waals surface area (Å²) in [5.74, 6) is -0.775. The normalized spacial score (nSPS) is 11.8. The number of rotatable bonds is 5. The molecule has 1 atom stereocenters. The number of nitrogens with zero attached hydrogens (tertiary/aromatic N) is 1. The summed E-state index contributed by atoms with van der Waals surface area (Å²) in [6.07, 6.45) is 1.38. The number of hydrogen-bond acceptors (Lipinski definition) is 3. The number of carboxylic acid groups (broad SMARTS) is 1. The van der Waals surface area contributed by atoms with Gasteiger partial charge >= 0.3 is 5.97 Å². The molecule has 0 aromatic rings. The molecule has 0 aromatic carbocycles. The largest absolute Gasteiger partial charge is 0.480 e.